The second-order valence-electron chi connectivity index (χ2n) is 4.93. The van der Waals surface area contributed by atoms with Gasteiger partial charge in [0.05, 0.1) is 6.10 Å². The zero-order valence-corrected chi connectivity index (χ0v) is 9.86. The summed E-state index contributed by atoms with van der Waals surface area (Å²) >= 11 is 0. The average molecular weight is 241 g/mol. The lowest BCUT2D eigenvalue weighted by molar-refractivity contribution is 0.162. The third-order valence-corrected chi connectivity index (χ3v) is 2.14. The Hall–Kier alpha value is -1.26. The fourth-order valence-corrected chi connectivity index (χ4v) is 1.33. The molecule has 0 amide bonds. The first kappa shape index (κ1) is 15.7. The van der Waals surface area contributed by atoms with Crippen LogP contribution in [0.25, 0.3) is 0 Å². The molecule has 0 heterocycles. The van der Waals surface area contributed by atoms with Crippen molar-refractivity contribution in [3.63, 3.8) is 0 Å². The van der Waals surface area contributed by atoms with Gasteiger partial charge < -0.3 is 20.6 Å². The molecule has 1 aromatic rings. The fraction of sp³-hybridized carbons (Fsp3) is 0.538. The number of rotatable bonds is 3. The van der Waals surface area contributed by atoms with Gasteiger partial charge in [-0.15, -0.1) is 0 Å². The van der Waals surface area contributed by atoms with E-state index in [0.29, 0.717) is 12.1 Å². The van der Waals surface area contributed by atoms with Crippen LogP contribution in [0.3, 0.4) is 0 Å². The Balaban J connectivity index is 0.00000256. The Kier molecular flexibility index (Phi) is 5.45. The Morgan fingerprint density at radius 1 is 1.12 bits per heavy atom. The van der Waals surface area contributed by atoms with Crippen LogP contribution in [0.2, 0.25) is 0 Å². The third-order valence-electron chi connectivity index (χ3n) is 2.14. The lowest BCUT2D eigenvalue weighted by Crippen LogP contribution is -2.38. The number of β-amino-alcohol motifs (C(OH)–C–C–N with tert-alkyl or cyclic N) is 1. The number of aliphatic hydroxyl groups excluding tert-OH is 1. The molecule has 1 atom stereocenters. The van der Waals surface area contributed by atoms with Crippen molar-refractivity contribution in [3.8, 4) is 11.5 Å². The molecule has 0 radical (unpaired) electrons. The molecule has 0 saturated carbocycles. The summed E-state index contributed by atoms with van der Waals surface area (Å²) in [4.78, 5) is 0. The molecule has 0 saturated heterocycles. The van der Waals surface area contributed by atoms with E-state index in [0.717, 1.165) is 0 Å². The summed E-state index contributed by atoms with van der Waals surface area (Å²) in [6, 6.07) is 4.11. The first-order valence-corrected chi connectivity index (χ1v) is 5.24. The van der Waals surface area contributed by atoms with Crippen LogP contribution in [0, 0.1) is 0 Å². The standard InChI is InChI=1S/C12H19NO3.CH4/c1-12(2,3)13-7-11(16)8-4-9(14)6-10(15)5-8;/h4-6,11,13-16H,7H2,1-3H3;1H4. The van der Waals surface area contributed by atoms with E-state index in [1.807, 2.05) is 20.8 Å². The maximum atomic E-state index is 9.85. The van der Waals surface area contributed by atoms with Gasteiger partial charge in [-0.1, -0.05) is 7.43 Å². The third kappa shape index (κ3) is 5.56. The van der Waals surface area contributed by atoms with Crippen molar-refractivity contribution in [1.29, 1.82) is 0 Å². The summed E-state index contributed by atoms with van der Waals surface area (Å²) in [6.45, 7) is 6.37. The molecular formula is C13H23NO3. The van der Waals surface area contributed by atoms with E-state index < -0.39 is 6.10 Å². The molecule has 1 aromatic carbocycles. The molecule has 98 valence electrons. The molecule has 4 heteroatoms. The van der Waals surface area contributed by atoms with E-state index in [1.54, 1.807) is 0 Å². The van der Waals surface area contributed by atoms with Crippen molar-refractivity contribution in [2.45, 2.75) is 39.8 Å². The van der Waals surface area contributed by atoms with E-state index in [-0.39, 0.29) is 24.5 Å². The average Bonchev–Trinajstić information content (AvgIpc) is 2.11. The number of hydrogen-bond acceptors (Lipinski definition) is 4. The predicted octanol–water partition coefficient (Wildman–Crippen LogP) is 2.16. The molecule has 0 fully saturated rings. The van der Waals surface area contributed by atoms with Gasteiger partial charge in [-0.05, 0) is 38.5 Å². The highest BCUT2D eigenvalue weighted by Gasteiger charge is 2.14. The molecule has 0 aliphatic heterocycles. The van der Waals surface area contributed by atoms with Crippen molar-refractivity contribution < 1.29 is 15.3 Å². The molecule has 0 spiro atoms. The Labute approximate surface area is 103 Å². The summed E-state index contributed by atoms with van der Waals surface area (Å²) < 4.78 is 0. The smallest absolute Gasteiger partial charge is 0.119 e. The van der Waals surface area contributed by atoms with Crippen LogP contribution >= 0.6 is 0 Å². The summed E-state index contributed by atoms with van der Waals surface area (Å²) in [7, 11) is 0. The van der Waals surface area contributed by atoms with Crippen LogP contribution < -0.4 is 5.32 Å². The Bertz CT molecular complexity index is 338. The van der Waals surface area contributed by atoms with Crippen LogP contribution in [-0.4, -0.2) is 27.4 Å². The molecule has 4 nitrogen and oxygen atoms in total. The number of aliphatic hydroxyl groups is 1. The molecular weight excluding hydrogens is 218 g/mol. The van der Waals surface area contributed by atoms with Crippen molar-refractivity contribution >= 4 is 0 Å². The minimum atomic E-state index is -0.753. The lowest BCUT2D eigenvalue weighted by Gasteiger charge is -2.23. The van der Waals surface area contributed by atoms with Gasteiger partial charge in [0.15, 0.2) is 0 Å². The molecule has 1 unspecified atom stereocenters. The maximum absolute atomic E-state index is 9.85. The Morgan fingerprint density at radius 2 is 1.59 bits per heavy atom. The van der Waals surface area contributed by atoms with Gasteiger partial charge in [-0.25, -0.2) is 0 Å². The highest BCUT2D eigenvalue weighted by molar-refractivity contribution is 5.37. The largest absolute Gasteiger partial charge is 0.508 e. The normalized spacial score (nSPS) is 12.9. The van der Waals surface area contributed by atoms with Crippen molar-refractivity contribution in [2.75, 3.05) is 6.54 Å². The number of aromatic hydroxyl groups is 2. The quantitative estimate of drug-likeness (QED) is 0.654. The molecule has 17 heavy (non-hydrogen) atoms. The van der Waals surface area contributed by atoms with Gasteiger partial charge in [-0.2, -0.15) is 0 Å². The molecule has 0 bridgehead atoms. The first-order valence-electron chi connectivity index (χ1n) is 5.24. The van der Waals surface area contributed by atoms with Crippen molar-refractivity contribution in [2.24, 2.45) is 0 Å². The van der Waals surface area contributed by atoms with Crippen molar-refractivity contribution in [3.05, 3.63) is 23.8 Å². The molecule has 0 aromatic heterocycles. The van der Waals surface area contributed by atoms with E-state index in [9.17, 15) is 15.3 Å². The van der Waals surface area contributed by atoms with Crippen LogP contribution in [0.5, 0.6) is 11.5 Å². The van der Waals surface area contributed by atoms with Gasteiger partial charge in [0.2, 0.25) is 0 Å². The number of benzene rings is 1. The number of phenols is 2. The summed E-state index contributed by atoms with van der Waals surface area (Å²) in [5.74, 6) is -0.102. The second kappa shape index (κ2) is 5.89. The number of hydrogen-bond donors (Lipinski definition) is 4. The highest BCUT2D eigenvalue weighted by Crippen LogP contribution is 2.24. The van der Waals surface area contributed by atoms with Gasteiger partial charge in [0.1, 0.15) is 11.5 Å². The van der Waals surface area contributed by atoms with Gasteiger partial charge in [-0.3, -0.25) is 0 Å². The van der Waals surface area contributed by atoms with Gasteiger partial charge in [0, 0.05) is 18.2 Å². The summed E-state index contributed by atoms with van der Waals surface area (Å²) in [5, 5.41) is 31.6. The first-order chi connectivity index (χ1) is 7.28. The van der Waals surface area contributed by atoms with Crippen LogP contribution in [0.4, 0.5) is 0 Å². The van der Waals surface area contributed by atoms with Gasteiger partial charge >= 0.3 is 0 Å². The molecule has 4 N–H and O–H groups in total. The van der Waals surface area contributed by atoms with Gasteiger partial charge in [0.25, 0.3) is 0 Å². The molecule has 0 aliphatic carbocycles. The minimum Gasteiger partial charge on any atom is -0.508 e. The highest BCUT2D eigenvalue weighted by atomic mass is 16.3. The Morgan fingerprint density at radius 3 is 2.00 bits per heavy atom. The fourth-order valence-electron chi connectivity index (χ4n) is 1.33. The predicted molar refractivity (Wildman–Crippen MR) is 69.2 cm³/mol. The molecule has 1 rings (SSSR count). The zero-order chi connectivity index (χ0) is 12.3. The number of nitrogens with one attached hydrogen (secondary N) is 1. The second-order valence-corrected chi connectivity index (χ2v) is 4.93. The maximum Gasteiger partial charge on any atom is 0.119 e. The van der Waals surface area contributed by atoms with Crippen LogP contribution in [0.1, 0.15) is 39.9 Å². The summed E-state index contributed by atoms with van der Waals surface area (Å²) in [6.07, 6.45) is -0.753. The topological polar surface area (TPSA) is 72.7 Å². The molecule has 0 aliphatic rings. The van der Waals surface area contributed by atoms with E-state index in [2.05, 4.69) is 5.32 Å². The summed E-state index contributed by atoms with van der Waals surface area (Å²) in [5.41, 5.74) is 0.411. The monoisotopic (exact) mass is 241 g/mol. The van der Waals surface area contributed by atoms with E-state index in [1.165, 1.54) is 18.2 Å². The van der Waals surface area contributed by atoms with E-state index >= 15 is 0 Å². The number of phenolic OH excluding ortho intramolecular Hbond substituents is 2. The van der Waals surface area contributed by atoms with Crippen molar-refractivity contribution in [1.82, 2.24) is 5.32 Å². The van der Waals surface area contributed by atoms with Crippen LogP contribution in [0.15, 0.2) is 18.2 Å². The SMILES string of the molecule is C.CC(C)(C)NCC(O)c1cc(O)cc(O)c1. The van der Waals surface area contributed by atoms with E-state index in [4.69, 9.17) is 0 Å². The lowest BCUT2D eigenvalue weighted by atomic mass is 10.1. The minimum absolute atomic E-state index is 0. The van der Waals surface area contributed by atoms with Crippen LogP contribution in [-0.2, 0) is 0 Å². The zero-order valence-electron chi connectivity index (χ0n) is 9.86.